The Morgan fingerprint density at radius 1 is 1.16 bits per heavy atom. The van der Waals surface area contributed by atoms with Crippen molar-refractivity contribution in [3.63, 3.8) is 0 Å². The summed E-state index contributed by atoms with van der Waals surface area (Å²) in [6, 6.07) is 17.8. The van der Waals surface area contributed by atoms with Crippen molar-refractivity contribution in [2.24, 2.45) is 0 Å². The number of rotatable bonds is 10. The second-order valence-corrected chi connectivity index (χ2v) is 9.31. The van der Waals surface area contributed by atoms with Crippen LogP contribution in [-0.4, -0.2) is 45.4 Å². The van der Waals surface area contributed by atoms with Gasteiger partial charge in [-0.3, -0.25) is 9.69 Å². The fourth-order valence-electron chi connectivity index (χ4n) is 3.62. The highest BCUT2D eigenvalue weighted by Gasteiger charge is 2.23. The van der Waals surface area contributed by atoms with E-state index in [0.29, 0.717) is 11.6 Å². The molecule has 6 nitrogen and oxygen atoms in total. The van der Waals surface area contributed by atoms with Crippen molar-refractivity contribution in [1.82, 2.24) is 25.0 Å². The molecule has 0 radical (unpaired) electrons. The van der Waals surface area contributed by atoms with Gasteiger partial charge in [-0.15, -0.1) is 10.2 Å². The molecule has 8 heteroatoms. The second kappa shape index (κ2) is 11.5. The van der Waals surface area contributed by atoms with Crippen molar-refractivity contribution in [2.75, 3.05) is 19.8 Å². The summed E-state index contributed by atoms with van der Waals surface area (Å²) in [6.45, 7) is 4.76. The lowest BCUT2D eigenvalue weighted by molar-refractivity contribution is -0.119. The van der Waals surface area contributed by atoms with Gasteiger partial charge in [0, 0.05) is 5.02 Å². The summed E-state index contributed by atoms with van der Waals surface area (Å²) in [5.74, 6) is 1.12. The molecule has 2 aromatic carbocycles. The molecule has 0 saturated carbocycles. The predicted molar refractivity (Wildman–Crippen MR) is 131 cm³/mol. The van der Waals surface area contributed by atoms with Gasteiger partial charge in [0.15, 0.2) is 11.0 Å². The van der Waals surface area contributed by atoms with Crippen LogP contribution in [0.4, 0.5) is 0 Å². The molecule has 0 saturated heterocycles. The summed E-state index contributed by atoms with van der Waals surface area (Å²) in [7, 11) is 4.10. The zero-order valence-corrected chi connectivity index (χ0v) is 20.5. The SMILES string of the molecule is CC[C@@H](c1nnc(SCC(=O)N[C@H](C)c2cccc(Cl)c2)n1Cc1ccccc1)N(C)C. The predicted octanol–water partition coefficient (Wildman–Crippen LogP) is 4.96. The second-order valence-electron chi connectivity index (χ2n) is 7.93. The number of carbonyl (C=O) groups is 1. The van der Waals surface area contributed by atoms with E-state index < -0.39 is 0 Å². The molecule has 0 fully saturated rings. The molecule has 32 heavy (non-hydrogen) atoms. The van der Waals surface area contributed by atoms with Crippen LogP contribution in [0.2, 0.25) is 5.02 Å². The van der Waals surface area contributed by atoms with E-state index in [1.54, 1.807) is 0 Å². The van der Waals surface area contributed by atoms with E-state index >= 15 is 0 Å². The number of thioether (sulfide) groups is 1. The molecular weight excluding hydrogens is 442 g/mol. The minimum absolute atomic E-state index is 0.0575. The number of carbonyl (C=O) groups excluding carboxylic acids is 1. The average Bonchev–Trinajstić information content (AvgIpc) is 3.15. The van der Waals surface area contributed by atoms with Crippen molar-refractivity contribution < 1.29 is 4.79 Å². The zero-order valence-electron chi connectivity index (χ0n) is 19.0. The average molecular weight is 472 g/mol. The van der Waals surface area contributed by atoms with Crippen molar-refractivity contribution in [2.45, 2.75) is 44.1 Å². The van der Waals surface area contributed by atoms with Gasteiger partial charge in [-0.05, 0) is 50.7 Å². The fraction of sp³-hybridized carbons (Fsp3) is 0.375. The maximum absolute atomic E-state index is 12.6. The number of nitrogens with zero attached hydrogens (tertiary/aromatic N) is 4. The number of aromatic nitrogens is 3. The summed E-state index contributed by atoms with van der Waals surface area (Å²) in [5.41, 5.74) is 2.14. The molecule has 0 aliphatic rings. The molecule has 170 valence electrons. The molecule has 1 N–H and O–H groups in total. The Balaban J connectivity index is 1.73. The summed E-state index contributed by atoms with van der Waals surface area (Å²) in [4.78, 5) is 14.8. The van der Waals surface area contributed by atoms with Crippen LogP contribution < -0.4 is 5.32 Å². The molecule has 0 unspecified atom stereocenters. The molecule has 1 amide bonds. The lowest BCUT2D eigenvalue weighted by Crippen LogP contribution is -2.28. The lowest BCUT2D eigenvalue weighted by Gasteiger charge is -2.23. The minimum atomic E-state index is -0.127. The van der Waals surface area contributed by atoms with Gasteiger partial charge in [0.2, 0.25) is 5.91 Å². The molecule has 0 aliphatic carbocycles. The quantitative estimate of drug-likeness (QED) is 0.423. The van der Waals surface area contributed by atoms with E-state index in [1.807, 2.05) is 63.5 Å². The number of hydrogen-bond donors (Lipinski definition) is 1. The van der Waals surface area contributed by atoms with Crippen molar-refractivity contribution in [3.8, 4) is 0 Å². The molecular formula is C24H30ClN5OS. The van der Waals surface area contributed by atoms with E-state index in [4.69, 9.17) is 11.6 Å². The van der Waals surface area contributed by atoms with Crippen LogP contribution in [0.25, 0.3) is 0 Å². The topological polar surface area (TPSA) is 63.1 Å². The first-order valence-electron chi connectivity index (χ1n) is 10.7. The molecule has 3 aromatic rings. The summed E-state index contributed by atoms with van der Waals surface area (Å²) >= 11 is 7.48. The Kier molecular flexibility index (Phi) is 8.73. The third-order valence-corrected chi connectivity index (χ3v) is 6.50. The molecule has 3 rings (SSSR count). The molecule has 0 aliphatic heterocycles. The third kappa shape index (κ3) is 6.34. The van der Waals surface area contributed by atoms with Gasteiger partial charge in [0.25, 0.3) is 0 Å². The molecule has 0 spiro atoms. The van der Waals surface area contributed by atoms with Gasteiger partial charge < -0.3 is 9.88 Å². The first-order valence-corrected chi connectivity index (χ1v) is 12.1. The Hall–Kier alpha value is -2.35. The Morgan fingerprint density at radius 2 is 1.91 bits per heavy atom. The van der Waals surface area contributed by atoms with Crippen molar-refractivity contribution in [1.29, 1.82) is 0 Å². The molecule has 1 aromatic heterocycles. The maximum Gasteiger partial charge on any atom is 0.230 e. The van der Waals surface area contributed by atoms with E-state index in [2.05, 4.69) is 44.0 Å². The van der Waals surface area contributed by atoms with Crippen LogP contribution in [0.1, 0.15) is 49.3 Å². The van der Waals surface area contributed by atoms with Gasteiger partial charge >= 0.3 is 0 Å². The number of hydrogen-bond acceptors (Lipinski definition) is 5. The van der Waals surface area contributed by atoms with E-state index in [-0.39, 0.29) is 23.7 Å². The lowest BCUT2D eigenvalue weighted by atomic mass is 10.1. The van der Waals surface area contributed by atoms with E-state index in [9.17, 15) is 4.79 Å². The van der Waals surface area contributed by atoms with E-state index in [0.717, 1.165) is 23.0 Å². The highest BCUT2D eigenvalue weighted by Crippen LogP contribution is 2.26. The van der Waals surface area contributed by atoms with Crippen molar-refractivity contribution >= 4 is 29.3 Å². The van der Waals surface area contributed by atoms with Crippen LogP contribution in [0.15, 0.2) is 59.8 Å². The Labute approximate surface area is 199 Å². The zero-order chi connectivity index (χ0) is 23.1. The highest BCUT2D eigenvalue weighted by atomic mass is 35.5. The number of nitrogens with one attached hydrogen (secondary N) is 1. The van der Waals surface area contributed by atoms with E-state index in [1.165, 1.54) is 17.3 Å². The standard InChI is InChI=1S/C24H30ClN5OS/c1-5-21(29(3)4)23-27-28-24(30(23)15-18-10-7-6-8-11-18)32-16-22(31)26-17(2)19-12-9-13-20(25)14-19/h6-14,17,21H,5,15-16H2,1-4H3,(H,26,31)/t17-,21+/m1/s1. The van der Waals surface area contributed by atoms with Gasteiger partial charge in [-0.25, -0.2) is 0 Å². The summed E-state index contributed by atoms with van der Waals surface area (Å²) in [6.07, 6.45) is 0.919. The smallest absolute Gasteiger partial charge is 0.230 e. The van der Waals surface area contributed by atoms with Crippen molar-refractivity contribution in [3.05, 3.63) is 76.6 Å². The maximum atomic E-state index is 12.6. The first kappa shape index (κ1) is 24.3. The van der Waals surface area contributed by atoms with Crippen LogP contribution in [0, 0.1) is 0 Å². The normalized spacial score (nSPS) is 13.2. The highest BCUT2D eigenvalue weighted by molar-refractivity contribution is 7.99. The minimum Gasteiger partial charge on any atom is -0.349 e. The Bertz CT molecular complexity index is 1020. The summed E-state index contributed by atoms with van der Waals surface area (Å²) in [5, 5.41) is 13.4. The number of benzene rings is 2. The number of amides is 1. The van der Waals surface area contributed by atoms with Crippen LogP contribution in [0.3, 0.4) is 0 Å². The van der Waals surface area contributed by atoms with Gasteiger partial charge in [0.1, 0.15) is 0 Å². The van der Waals surface area contributed by atoms with Gasteiger partial charge in [-0.2, -0.15) is 0 Å². The first-order chi connectivity index (χ1) is 15.4. The van der Waals surface area contributed by atoms with Gasteiger partial charge in [-0.1, -0.05) is 72.8 Å². The van der Waals surface area contributed by atoms with Crippen LogP contribution in [0.5, 0.6) is 0 Å². The number of halogens is 1. The third-order valence-electron chi connectivity index (χ3n) is 5.30. The molecule has 0 bridgehead atoms. The molecule has 1 heterocycles. The monoisotopic (exact) mass is 471 g/mol. The van der Waals surface area contributed by atoms with Gasteiger partial charge in [0.05, 0.1) is 24.4 Å². The largest absolute Gasteiger partial charge is 0.349 e. The summed E-state index contributed by atoms with van der Waals surface area (Å²) < 4.78 is 2.13. The molecule has 2 atom stereocenters. The van der Waals surface area contributed by atoms with Crippen LogP contribution in [-0.2, 0) is 11.3 Å². The van der Waals surface area contributed by atoms with Crippen LogP contribution >= 0.6 is 23.4 Å². The Morgan fingerprint density at radius 3 is 2.56 bits per heavy atom. The fourth-order valence-corrected chi connectivity index (χ4v) is 4.57.